The summed E-state index contributed by atoms with van der Waals surface area (Å²) in [5.74, 6) is 0. The summed E-state index contributed by atoms with van der Waals surface area (Å²) in [5, 5.41) is 20.0. The SMILES string of the molecule is O[C@@H](C[NH2+]CCCC[NH2+]C[C@H](O)C(F)(F)F)C(F)(F)F. The lowest BCUT2D eigenvalue weighted by Crippen LogP contribution is -2.88. The lowest BCUT2D eigenvalue weighted by Gasteiger charge is -2.13. The van der Waals surface area contributed by atoms with Crippen molar-refractivity contribution in [2.24, 2.45) is 0 Å². The van der Waals surface area contributed by atoms with E-state index in [9.17, 15) is 26.3 Å². The third kappa shape index (κ3) is 9.34. The first-order valence-electron chi connectivity index (χ1n) is 6.18. The number of aliphatic hydroxyl groups is 2. The van der Waals surface area contributed by atoms with Crippen molar-refractivity contribution >= 4 is 0 Å². The van der Waals surface area contributed by atoms with E-state index >= 15 is 0 Å². The summed E-state index contributed by atoms with van der Waals surface area (Å²) in [4.78, 5) is 0. The van der Waals surface area contributed by atoms with Gasteiger partial charge in [0.15, 0.2) is 12.2 Å². The molecule has 0 amide bonds. The zero-order valence-corrected chi connectivity index (χ0v) is 10.7. The summed E-state index contributed by atoms with van der Waals surface area (Å²) in [5.41, 5.74) is 0. The van der Waals surface area contributed by atoms with Crippen LogP contribution >= 0.6 is 0 Å². The molecule has 0 bridgehead atoms. The number of nitrogens with two attached hydrogens (primary N) is 2. The zero-order chi connectivity index (χ0) is 15.8. The van der Waals surface area contributed by atoms with Gasteiger partial charge in [-0.05, 0) is 0 Å². The Bertz CT molecular complexity index is 233. The van der Waals surface area contributed by atoms with E-state index in [1.54, 1.807) is 0 Å². The third-order valence-electron chi connectivity index (χ3n) is 2.60. The topological polar surface area (TPSA) is 73.7 Å². The molecule has 0 aliphatic carbocycles. The standard InChI is InChI=1S/C10H18F6N2O2/c11-9(12,13)7(19)5-17-3-1-2-4-18-6-8(20)10(14,15)16/h7-8,17-20H,1-6H2/p+2/t7-,8-/m0/s1. The molecule has 122 valence electrons. The number of hydrogen-bond acceptors (Lipinski definition) is 2. The Morgan fingerprint density at radius 3 is 1.25 bits per heavy atom. The average Bonchev–Trinajstić information content (AvgIpc) is 2.29. The summed E-state index contributed by atoms with van der Waals surface area (Å²) in [7, 11) is 0. The molecule has 0 saturated carbocycles. The van der Waals surface area contributed by atoms with Crippen molar-refractivity contribution in [3.8, 4) is 0 Å². The van der Waals surface area contributed by atoms with Gasteiger partial charge in [-0.3, -0.25) is 0 Å². The summed E-state index contributed by atoms with van der Waals surface area (Å²) >= 11 is 0. The van der Waals surface area contributed by atoms with Gasteiger partial charge in [-0.15, -0.1) is 0 Å². The van der Waals surface area contributed by atoms with Gasteiger partial charge in [0.25, 0.3) is 0 Å². The van der Waals surface area contributed by atoms with Crippen LogP contribution in [0.3, 0.4) is 0 Å². The Labute approximate surface area is 112 Å². The third-order valence-corrected chi connectivity index (χ3v) is 2.60. The summed E-state index contributed by atoms with van der Waals surface area (Å²) in [6.45, 7) is -0.272. The Hall–Kier alpha value is -0.580. The molecule has 2 atom stereocenters. The highest BCUT2D eigenvalue weighted by Crippen LogP contribution is 2.18. The van der Waals surface area contributed by atoms with Gasteiger partial charge in [-0.2, -0.15) is 26.3 Å². The van der Waals surface area contributed by atoms with Gasteiger partial charge in [-0.25, -0.2) is 0 Å². The summed E-state index contributed by atoms with van der Waals surface area (Å²) in [6.07, 6.45) is -12.9. The maximum absolute atomic E-state index is 11.9. The van der Waals surface area contributed by atoms with Crippen LogP contribution in [0.5, 0.6) is 0 Å². The van der Waals surface area contributed by atoms with E-state index in [2.05, 4.69) is 0 Å². The van der Waals surface area contributed by atoms with Gasteiger partial charge in [0.05, 0.1) is 13.1 Å². The maximum atomic E-state index is 11.9. The van der Waals surface area contributed by atoms with Crippen molar-refractivity contribution in [3.05, 3.63) is 0 Å². The van der Waals surface area contributed by atoms with Crippen LogP contribution < -0.4 is 10.6 Å². The second-order valence-corrected chi connectivity index (χ2v) is 4.45. The number of alkyl halides is 6. The van der Waals surface area contributed by atoms with E-state index in [1.165, 1.54) is 10.6 Å². The molecule has 0 rings (SSSR count). The second kappa shape index (κ2) is 8.65. The minimum absolute atomic E-state index is 0.350. The first-order chi connectivity index (χ1) is 9.05. The molecule has 0 aromatic rings. The number of hydrogen-bond donors (Lipinski definition) is 4. The van der Waals surface area contributed by atoms with E-state index in [0.717, 1.165) is 0 Å². The van der Waals surface area contributed by atoms with Crippen LogP contribution in [0.15, 0.2) is 0 Å². The maximum Gasteiger partial charge on any atom is 0.419 e. The van der Waals surface area contributed by atoms with Crippen LogP contribution in [0, 0.1) is 0 Å². The highest BCUT2D eigenvalue weighted by Gasteiger charge is 2.40. The summed E-state index contributed by atoms with van der Waals surface area (Å²) in [6, 6.07) is 0. The van der Waals surface area contributed by atoms with Crippen LogP contribution in [-0.2, 0) is 0 Å². The molecule has 0 heterocycles. The molecule has 0 radical (unpaired) electrons. The van der Waals surface area contributed by atoms with Crippen LogP contribution in [-0.4, -0.2) is 61.0 Å². The van der Waals surface area contributed by atoms with Crippen molar-refractivity contribution < 1.29 is 47.2 Å². The van der Waals surface area contributed by atoms with Gasteiger partial charge in [0, 0.05) is 12.8 Å². The molecule has 6 N–H and O–H groups in total. The van der Waals surface area contributed by atoms with Crippen LogP contribution in [0.1, 0.15) is 12.8 Å². The minimum Gasteiger partial charge on any atom is -0.379 e. The van der Waals surface area contributed by atoms with Crippen molar-refractivity contribution in [1.82, 2.24) is 0 Å². The van der Waals surface area contributed by atoms with Crippen molar-refractivity contribution in [2.45, 2.75) is 37.4 Å². The van der Waals surface area contributed by atoms with Crippen molar-refractivity contribution in [2.75, 3.05) is 26.2 Å². The summed E-state index contributed by atoms with van der Waals surface area (Å²) < 4.78 is 71.4. The van der Waals surface area contributed by atoms with Crippen molar-refractivity contribution in [1.29, 1.82) is 0 Å². The van der Waals surface area contributed by atoms with Gasteiger partial charge in [-0.1, -0.05) is 0 Å². The minimum atomic E-state index is -4.63. The fourth-order valence-electron chi connectivity index (χ4n) is 1.40. The van der Waals surface area contributed by atoms with Gasteiger partial charge >= 0.3 is 12.4 Å². The molecule has 0 aromatic carbocycles. The molecular formula is C10H20F6N2O2+2. The average molecular weight is 314 g/mol. The molecule has 4 nitrogen and oxygen atoms in total. The number of unbranched alkanes of at least 4 members (excludes halogenated alkanes) is 1. The van der Waals surface area contributed by atoms with E-state index < -0.39 is 37.7 Å². The van der Waals surface area contributed by atoms with Gasteiger partial charge in [0.1, 0.15) is 13.1 Å². The Morgan fingerprint density at radius 1 is 0.700 bits per heavy atom. The Balaban J connectivity index is 3.42. The van der Waals surface area contributed by atoms with Gasteiger partial charge in [0.2, 0.25) is 0 Å². The number of quaternary nitrogens is 2. The fourth-order valence-corrected chi connectivity index (χ4v) is 1.40. The van der Waals surface area contributed by atoms with E-state index in [-0.39, 0.29) is 0 Å². The first kappa shape index (κ1) is 19.4. The molecule has 0 saturated heterocycles. The molecule has 0 unspecified atom stereocenters. The molecule has 20 heavy (non-hydrogen) atoms. The predicted molar refractivity (Wildman–Crippen MR) is 56.7 cm³/mol. The smallest absolute Gasteiger partial charge is 0.379 e. The highest BCUT2D eigenvalue weighted by molar-refractivity contribution is 4.62. The lowest BCUT2D eigenvalue weighted by molar-refractivity contribution is -0.674. The molecule has 0 aromatic heterocycles. The molecule has 10 heteroatoms. The molecule has 0 spiro atoms. The Kier molecular flexibility index (Phi) is 8.40. The van der Waals surface area contributed by atoms with Crippen molar-refractivity contribution in [3.63, 3.8) is 0 Å². The predicted octanol–water partition coefficient (Wildman–Crippen LogP) is -1.26. The first-order valence-corrected chi connectivity index (χ1v) is 6.18. The number of rotatable bonds is 9. The highest BCUT2D eigenvalue weighted by atomic mass is 19.4. The van der Waals surface area contributed by atoms with Crippen LogP contribution in [0.25, 0.3) is 0 Å². The van der Waals surface area contributed by atoms with E-state index in [0.29, 0.717) is 25.9 Å². The normalized spacial score (nSPS) is 16.2. The van der Waals surface area contributed by atoms with Crippen LogP contribution in [0.2, 0.25) is 0 Å². The molecule has 0 fully saturated rings. The monoisotopic (exact) mass is 314 g/mol. The Morgan fingerprint density at radius 2 is 1.00 bits per heavy atom. The quantitative estimate of drug-likeness (QED) is 0.317. The zero-order valence-electron chi connectivity index (χ0n) is 10.7. The number of halogens is 6. The van der Waals surface area contributed by atoms with Gasteiger partial charge < -0.3 is 20.8 Å². The van der Waals surface area contributed by atoms with E-state index in [4.69, 9.17) is 10.2 Å². The largest absolute Gasteiger partial charge is 0.419 e. The molecular weight excluding hydrogens is 294 g/mol. The van der Waals surface area contributed by atoms with Crippen LogP contribution in [0.4, 0.5) is 26.3 Å². The van der Waals surface area contributed by atoms with E-state index in [1.807, 2.05) is 0 Å². The fraction of sp³-hybridized carbons (Fsp3) is 1.00. The lowest BCUT2D eigenvalue weighted by atomic mass is 10.2. The second-order valence-electron chi connectivity index (χ2n) is 4.45. The molecule has 0 aliphatic heterocycles. The number of aliphatic hydroxyl groups excluding tert-OH is 2. The molecule has 0 aliphatic rings.